The Balaban J connectivity index is 1.90. The average molecular weight is 321 g/mol. The first-order chi connectivity index (χ1) is 11.5. The minimum Gasteiger partial charge on any atom is -0.344 e. The zero-order valence-electron chi connectivity index (χ0n) is 13.7. The summed E-state index contributed by atoms with van der Waals surface area (Å²) in [7, 11) is 0. The zero-order valence-corrected chi connectivity index (χ0v) is 13.7. The van der Waals surface area contributed by atoms with Crippen LogP contribution in [0.1, 0.15) is 22.3 Å². The first-order valence-electron chi connectivity index (χ1n) is 7.61. The van der Waals surface area contributed by atoms with E-state index in [9.17, 15) is 9.59 Å². The molecule has 5 nitrogen and oxygen atoms in total. The first kappa shape index (κ1) is 17.2. The number of aryl methyl sites for hydroxylation is 2. The Hall–Kier alpha value is -3.13. The molecule has 2 N–H and O–H groups in total. The van der Waals surface area contributed by atoms with Crippen LogP contribution >= 0.6 is 0 Å². The van der Waals surface area contributed by atoms with Crippen LogP contribution in [-0.4, -0.2) is 11.8 Å². The number of carbonyl (C=O) groups is 2. The molecule has 0 bridgehead atoms. The molecule has 0 aliphatic heterocycles. The van der Waals surface area contributed by atoms with Crippen molar-refractivity contribution in [1.82, 2.24) is 5.32 Å². The van der Waals surface area contributed by atoms with Crippen LogP contribution in [0.5, 0.6) is 0 Å². The number of hydrogen-bond donors (Lipinski definition) is 2. The first-order valence-corrected chi connectivity index (χ1v) is 7.61. The molecule has 0 heterocycles. The van der Waals surface area contributed by atoms with Crippen molar-refractivity contribution in [1.29, 1.82) is 5.26 Å². The highest BCUT2D eigenvalue weighted by Crippen LogP contribution is 2.11. The summed E-state index contributed by atoms with van der Waals surface area (Å²) in [4.78, 5) is 23.8. The van der Waals surface area contributed by atoms with Crippen LogP contribution in [0.25, 0.3) is 0 Å². The fourth-order valence-electron chi connectivity index (χ4n) is 2.29. The maximum Gasteiger partial charge on any atom is 0.313 e. The molecular formula is C19H19N3O2. The summed E-state index contributed by atoms with van der Waals surface area (Å²) in [5, 5.41) is 13.8. The zero-order chi connectivity index (χ0) is 17.5. The number of rotatable bonds is 4. The number of amides is 2. The van der Waals surface area contributed by atoms with Gasteiger partial charge >= 0.3 is 11.8 Å². The maximum atomic E-state index is 11.9. The Kier molecular flexibility index (Phi) is 5.69. The Morgan fingerprint density at radius 2 is 1.75 bits per heavy atom. The smallest absolute Gasteiger partial charge is 0.313 e. The predicted molar refractivity (Wildman–Crippen MR) is 92.2 cm³/mol. The number of carbonyl (C=O) groups excluding carboxylic acids is 2. The molecule has 0 saturated carbocycles. The molecule has 0 unspecified atom stereocenters. The van der Waals surface area contributed by atoms with Crippen molar-refractivity contribution < 1.29 is 9.59 Å². The van der Waals surface area contributed by atoms with E-state index in [1.165, 1.54) is 0 Å². The lowest BCUT2D eigenvalue weighted by Crippen LogP contribution is -2.35. The van der Waals surface area contributed by atoms with Gasteiger partial charge in [0.15, 0.2) is 0 Å². The van der Waals surface area contributed by atoms with Crippen LogP contribution in [0.15, 0.2) is 42.5 Å². The standard InChI is InChI=1S/C19H19N3O2/c1-13-3-6-16(14(2)11-13)12-21-18(23)19(24)22-17-7-4-15(5-8-17)9-10-20/h3-8,11H,9,12H2,1-2H3,(H,21,23)(H,22,24). The lowest BCUT2D eigenvalue weighted by molar-refractivity contribution is -0.136. The Bertz CT molecular complexity index is 789. The van der Waals surface area contributed by atoms with Crippen LogP contribution in [0, 0.1) is 25.2 Å². The summed E-state index contributed by atoms with van der Waals surface area (Å²) < 4.78 is 0. The third-order valence-corrected chi connectivity index (χ3v) is 3.64. The van der Waals surface area contributed by atoms with Gasteiger partial charge in [0.1, 0.15) is 0 Å². The van der Waals surface area contributed by atoms with E-state index in [1.807, 2.05) is 32.0 Å². The normalized spacial score (nSPS) is 9.88. The van der Waals surface area contributed by atoms with E-state index in [4.69, 9.17) is 5.26 Å². The van der Waals surface area contributed by atoms with Gasteiger partial charge in [-0.1, -0.05) is 35.9 Å². The summed E-state index contributed by atoms with van der Waals surface area (Å²) in [5.41, 5.74) is 4.57. The molecule has 0 atom stereocenters. The Morgan fingerprint density at radius 3 is 2.38 bits per heavy atom. The quantitative estimate of drug-likeness (QED) is 0.849. The van der Waals surface area contributed by atoms with E-state index in [-0.39, 0.29) is 0 Å². The SMILES string of the molecule is Cc1ccc(CNC(=O)C(=O)Nc2ccc(CC#N)cc2)c(C)c1. The lowest BCUT2D eigenvalue weighted by atomic mass is 10.1. The molecular weight excluding hydrogens is 302 g/mol. The molecule has 2 amide bonds. The van der Waals surface area contributed by atoms with Crippen molar-refractivity contribution in [2.45, 2.75) is 26.8 Å². The van der Waals surface area contributed by atoms with Crippen LogP contribution in [-0.2, 0) is 22.6 Å². The molecule has 0 fully saturated rings. The van der Waals surface area contributed by atoms with Gasteiger partial charge in [0.2, 0.25) is 0 Å². The molecule has 0 aromatic heterocycles. The minimum absolute atomic E-state index is 0.305. The third-order valence-electron chi connectivity index (χ3n) is 3.64. The van der Waals surface area contributed by atoms with Crippen molar-refractivity contribution in [2.75, 3.05) is 5.32 Å². The highest BCUT2D eigenvalue weighted by atomic mass is 16.2. The van der Waals surface area contributed by atoms with Gasteiger partial charge in [-0.3, -0.25) is 9.59 Å². The second-order valence-electron chi connectivity index (χ2n) is 5.60. The summed E-state index contributed by atoms with van der Waals surface area (Å²) >= 11 is 0. The van der Waals surface area contributed by atoms with Gasteiger partial charge in [-0.05, 0) is 42.7 Å². The number of benzene rings is 2. The van der Waals surface area contributed by atoms with Crippen LogP contribution in [0.3, 0.4) is 0 Å². The second kappa shape index (κ2) is 7.93. The number of hydrogen-bond acceptors (Lipinski definition) is 3. The topological polar surface area (TPSA) is 82.0 Å². The van der Waals surface area contributed by atoms with Crippen molar-refractivity contribution in [3.63, 3.8) is 0 Å². The number of anilines is 1. The lowest BCUT2D eigenvalue weighted by Gasteiger charge is -2.09. The van der Waals surface area contributed by atoms with E-state index in [1.54, 1.807) is 24.3 Å². The molecule has 0 aliphatic rings. The van der Waals surface area contributed by atoms with Gasteiger partial charge in [0.05, 0.1) is 12.5 Å². The van der Waals surface area contributed by atoms with Crippen molar-refractivity contribution >= 4 is 17.5 Å². The van der Waals surface area contributed by atoms with Gasteiger partial charge in [-0.2, -0.15) is 5.26 Å². The molecule has 24 heavy (non-hydrogen) atoms. The molecule has 0 saturated heterocycles. The van der Waals surface area contributed by atoms with Gasteiger partial charge in [-0.25, -0.2) is 0 Å². The predicted octanol–water partition coefficient (Wildman–Crippen LogP) is 2.62. The van der Waals surface area contributed by atoms with E-state index in [0.717, 1.165) is 22.3 Å². The summed E-state index contributed by atoms with van der Waals surface area (Å²) in [6, 6.07) is 14.8. The summed E-state index contributed by atoms with van der Waals surface area (Å²) in [6.45, 7) is 4.28. The number of nitrogens with zero attached hydrogens (tertiary/aromatic N) is 1. The fourth-order valence-corrected chi connectivity index (χ4v) is 2.29. The molecule has 2 rings (SSSR count). The molecule has 5 heteroatoms. The van der Waals surface area contributed by atoms with Crippen molar-refractivity contribution in [2.24, 2.45) is 0 Å². The van der Waals surface area contributed by atoms with Gasteiger partial charge in [0.25, 0.3) is 0 Å². The number of nitrogens with one attached hydrogen (secondary N) is 2. The third kappa shape index (κ3) is 4.68. The maximum absolute atomic E-state index is 11.9. The summed E-state index contributed by atoms with van der Waals surface area (Å²) in [6.07, 6.45) is 0.310. The van der Waals surface area contributed by atoms with Crippen molar-refractivity contribution in [3.8, 4) is 6.07 Å². The van der Waals surface area contributed by atoms with Crippen LogP contribution < -0.4 is 10.6 Å². The molecule has 0 aliphatic carbocycles. The average Bonchev–Trinajstić information content (AvgIpc) is 2.56. The van der Waals surface area contributed by atoms with E-state index >= 15 is 0 Å². The minimum atomic E-state index is -0.715. The molecule has 2 aromatic carbocycles. The largest absolute Gasteiger partial charge is 0.344 e. The Labute approximate surface area is 141 Å². The molecule has 0 radical (unpaired) electrons. The molecule has 2 aromatic rings. The fraction of sp³-hybridized carbons (Fsp3) is 0.211. The van der Waals surface area contributed by atoms with Crippen LogP contribution in [0.2, 0.25) is 0 Å². The van der Waals surface area contributed by atoms with E-state index in [2.05, 4.69) is 16.7 Å². The van der Waals surface area contributed by atoms with Crippen molar-refractivity contribution in [3.05, 3.63) is 64.7 Å². The van der Waals surface area contributed by atoms with Gasteiger partial charge < -0.3 is 10.6 Å². The highest BCUT2D eigenvalue weighted by Gasteiger charge is 2.13. The molecule has 0 spiro atoms. The summed E-state index contributed by atoms with van der Waals surface area (Å²) in [5.74, 6) is -1.40. The molecule has 122 valence electrons. The van der Waals surface area contributed by atoms with Gasteiger partial charge in [-0.15, -0.1) is 0 Å². The van der Waals surface area contributed by atoms with E-state index < -0.39 is 11.8 Å². The number of nitriles is 1. The van der Waals surface area contributed by atoms with Gasteiger partial charge in [0, 0.05) is 12.2 Å². The monoisotopic (exact) mass is 321 g/mol. The second-order valence-corrected chi connectivity index (χ2v) is 5.60. The Morgan fingerprint density at radius 1 is 1.04 bits per heavy atom. The van der Waals surface area contributed by atoms with Crippen LogP contribution in [0.4, 0.5) is 5.69 Å². The van der Waals surface area contributed by atoms with E-state index in [0.29, 0.717) is 18.7 Å². The highest BCUT2D eigenvalue weighted by molar-refractivity contribution is 6.39.